The third-order valence-corrected chi connectivity index (χ3v) is 2.74. The molecule has 0 aromatic rings. The van der Waals surface area contributed by atoms with Crippen molar-refractivity contribution in [2.75, 3.05) is 6.61 Å². The molecule has 0 saturated carbocycles. The van der Waals surface area contributed by atoms with Crippen LogP contribution < -0.4 is 0 Å². The lowest BCUT2D eigenvalue weighted by atomic mass is 10.0. The van der Waals surface area contributed by atoms with Gasteiger partial charge in [-0.2, -0.15) is 65.9 Å². The summed E-state index contributed by atoms with van der Waals surface area (Å²) in [5, 5.41) is 0. The summed E-state index contributed by atoms with van der Waals surface area (Å²) < 4.78 is 212. The van der Waals surface area contributed by atoms with E-state index in [2.05, 4.69) is 4.74 Å². The van der Waals surface area contributed by atoms with Gasteiger partial charge in [0, 0.05) is 0 Å². The number of ether oxygens (including phenoxy) is 3. The minimum atomic E-state index is -8.11. The maximum absolute atomic E-state index is 13.2. The number of rotatable bonds is 11. The van der Waals surface area contributed by atoms with Crippen LogP contribution in [0.3, 0.4) is 0 Å². The first kappa shape index (κ1) is 28.3. The van der Waals surface area contributed by atoms with E-state index in [9.17, 15) is 70.2 Å². The Balaban J connectivity index is 6.11. The molecule has 180 valence electrons. The highest BCUT2D eigenvalue weighted by Gasteiger charge is 2.89. The molecule has 0 rings (SSSR count). The first-order valence-corrected chi connectivity index (χ1v) is 6.64. The molecule has 0 spiro atoms. The van der Waals surface area contributed by atoms with Crippen molar-refractivity contribution >= 4 is 0 Å². The van der Waals surface area contributed by atoms with E-state index in [0.29, 0.717) is 6.92 Å². The fraction of sp³-hybridized carbons (Fsp3) is 0.818. The summed E-state index contributed by atoms with van der Waals surface area (Å²) in [7, 11) is 0. The molecule has 0 saturated heterocycles. The number of halogens is 16. The van der Waals surface area contributed by atoms with Gasteiger partial charge in [-0.25, -0.2) is 4.39 Å². The van der Waals surface area contributed by atoms with Crippen LogP contribution in [0.2, 0.25) is 0 Å². The smallest absolute Gasteiger partial charge is 0.397 e. The molecule has 0 fully saturated rings. The van der Waals surface area contributed by atoms with Crippen molar-refractivity contribution in [3.05, 3.63) is 12.1 Å². The van der Waals surface area contributed by atoms with Crippen LogP contribution in [-0.4, -0.2) is 49.1 Å². The van der Waals surface area contributed by atoms with E-state index in [1.165, 1.54) is 0 Å². The van der Waals surface area contributed by atoms with Crippen LogP contribution in [0.5, 0.6) is 0 Å². The molecule has 19 heteroatoms. The summed E-state index contributed by atoms with van der Waals surface area (Å²) >= 11 is 0. The number of alkyl halides is 13. The molecule has 0 aromatic carbocycles. The minimum Gasteiger partial charge on any atom is -0.397 e. The van der Waals surface area contributed by atoms with E-state index in [1.54, 1.807) is 4.74 Å². The van der Waals surface area contributed by atoms with Crippen molar-refractivity contribution in [2.24, 2.45) is 0 Å². The molecule has 0 N–H and O–H groups in total. The van der Waals surface area contributed by atoms with Crippen LogP contribution in [0.25, 0.3) is 0 Å². The Labute approximate surface area is 154 Å². The second-order valence-electron chi connectivity index (χ2n) is 4.82. The summed E-state index contributed by atoms with van der Waals surface area (Å²) in [4.78, 5) is 0. The third-order valence-electron chi connectivity index (χ3n) is 2.74. The molecular weight excluding hydrogens is 484 g/mol. The minimum absolute atomic E-state index is 0.665. The molecule has 0 aliphatic heterocycles. The van der Waals surface area contributed by atoms with Gasteiger partial charge in [-0.05, 0) is 6.92 Å². The highest BCUT2D eigenvalue weighted by atomic mass is 19.4. The summed E-state index contributed by atoms with van der Waals surface area (Å²) in [5.74, 6) is -24.0. The summed E-state index contributed by atoms with van der Waals surface area (Å²) in [6.07, 6.45) is -29.3. The Morgan fingerprint density at radius 2 is 1.10 bits per heavy atom. The molecule has 1 unspecified atom stereocenters. The highest BCUT2D eigenvalue weighted by molar-refractivity contribution is 5.05. The van der Waals surface area contributed by atoms with Gasteiger partial charge in [0.05, 0.1) is 6.61 Å². The molecule has 0 bridgehead atoms. The SMILES string of the molecule is CCOC(F)(F)C(F)OC(F)(F)C(F)(F)C(F)(F)C(F)(F)C(F)(F)OC(F)=C(F)F. The molecule has 0 amide bonds. The van der Waals surface area contributed by atoms with E-state index >= 15 is 0 Å². The van der Waals surface area contributed by atoms with Crippen LogP contribution in [0.15, 0.2) is 12.1 Å². The Hall–Kier alpha value is -1.66. The summed E-state index contributed by atoms with van der Waals surface area (Å²) in [5.41, 5.74) is 0. The van der Waals surface area contributed by atoms with Crippen LogP contribution in [0, 0.1) is 0 Å². The van der Waals surface area contributed by atoms with Crippen LogP contribution in [0.1, 0.15) is 6.92 Å². The number of hydrogen-bond donors (Lipinski definition) is 0. The Bertz CT molecular complexity index is 626. The lowest BCUT2D eigenvalue weighted by Crippen LogP contribution is -2.68. The lowest BCUT2D eigenvalue weighted by Gasteiger charge is -2.38. The third kappa shape index (κ3) is 4.97. The largest absolute Gasteiger partial charge is 0.472 e. The molecule has 0 radical (unpaired) electrons. The first-order chi connectivity index (χ1) is 13.0. The average Bonchev–Trinajstić information content (AvgIpc) is 2.52. The molecule has 3 nitrogen and oxygen atoms in total. The van der Waals surface area contributed by atoms with Gasteiger partial charge in [-0.1, -0.05) is 0 Å². The van der Waals surface area contributed by atoms with Crippen LogP contribution in [-0.2, 0) is 14.2 Å². The van der Waals surface area contributed by atoms with Gasteiger partial charge >= 0.3 is 48.2 Å². The average molecular weight is 490 g/mol. The second kappa shape index (κ2) is 8.46. The molecule has 30 heavy (non-hydrogen) atoms. The normalized spacial score (nSPS) is 15.8. The molecule has 0 heterocycles. The van der Waals surface area contributed by atoms with Crippen molar-refractivity contribution in [3.8, 4) is 0 Å². The van der Waals surface area contributed by atoms with Crippen molar-refractivity contribution in [1.29, 1.82) is 0 Å². The Morgan fingerprint density at radius 1 is 0.700 bits per heavy atom. The highest BCUT2D eigenvalue weighted by Crippen LogP contribution is 2.58. The summed E-state index contributed by atoms with van der Waals surface area (Å²) in [6, 6.07) is -3.98. The van der Waals surface area contributed by atoms with Gasteiger partial charge in [0.25, 0.3) is 6.36 Å². The molecular formula is C11H6F16O3. The van der Waals surface area contributed by atoms with Crippen molar-refractivity contribution in [2.45, 2.75) is 49.4 Å². The lowest BCUT2D eigenvalue weighted by molar-refractivity contribution is -0.488. The van der Waals surface area contributed by atoms with Gasteiger partial charge in [0.15, 0.2) is 0 Å². The molecule has 0 aliphatic rings. The van der Waals surface area contributed by atoms with Crippen LogP contribution in [0.4, 0.5) is 70.2 Å². The molecule has 1 atom stereocenters. The maximum atomic E-state index is 13.2. The second-order valence-corrected chi connectivity index (χ2v) is 4.82. The van der Waals surface area contributed by atoms with E-state index in [-0.39, 0.29) is 0 Å². The predicted molar refractivity (Wildman–Crippen MR) is 58.7 cm³/mol. The van der Waals surface area contributed by atoms with Gasteiger partial charge < -0.3 is 9.47 Å². The topological polar surface area (TPSA) is 27.7 Å². The van der Waals surface area contributed by atoms with Crippen molar-refractivity contribution < 1.29 is 84.5 Å². The summed E-state index contributed by atoms with van der Waals surface area (Å²) in [6.45, 7) is -0.543. The Morgan fingerprint density at radius 3 is 1.47 bits per heavy atom. The predicted octanol–water partition coefficient (Wildman–Crippen LogP) is 6.07. The molecule has 0 aromatic heterocycles. The van der Waals surface area contributed by atoms with E-state index in [1.807, 2.05) is 4.74 Å². The van der Waals surface area contributed by atoms with Crippen molar-refractivity contribution in [1.82, 2.24) is 0 Å². The standard InChI is InChI=1S/C11H6F16O3/c1-2-28-6(16,17)5(15)30-11(26,27)9(22,23)7(18,19)8(20,21)10(24,25)29-4(14)3(12)13/h5H,2H2,1H3. The Kier molecular flexibility index (Phi) is 8.00. The number of hydrogen-bond acceptors (Lipinski definition) is 3. The molecule has 0 aliphatic carbocycles. The zero-order valence-electron chi connectivity index (χ0n) is 13.6. The zero-order valence-corrected chi connectivity index (χ0v) is 13.6. The quantitative estimate of drug-likeness (QED) is 0.260. The van der Waals surface area contributed by atoms with E-state index in [4.69, 9.17) is 0 Å². The fourth-order valence-electron chi connectivity index (χ4n) is 1.31. The van der Waals surface area contributed by atoms with Gasteiger partial charge in [-0.15, -0.1) is 0 Å². The van der Waals surface area contributed by atoms with E-state index < -0.39 is 61.2 Å². The van der Waals surface area contributed by atoms with E-state index in [0.717, 1.165) is 0 Å². The van der Waals surface area contributed by atoms with Crippen molar-refractivity contribution in [3.63, 3.8) is 0 Å². The maximum Gasteiger partial charge on any atom is 0.472 e. The fourth-order valence-corrected chi connectivity index (χ4v) is 1.31. The van der Waals surface area contributed by atoms with Crippen LogP contribution >= 0.6 is 0 Å². The zero-order chi connectivity index (χ0) is 24.6. The van der Waals surface area contributed by atoms with Gasteiger partial charge in [-0.3, -0.25) is 4.74 Å². The first-order valence-electron chi connectivity index (χ1n) is 6.64. The van der Waals surface area contributed by atoms with Gasteiger partial charge in [0.1, 0.15) is 0 Å². The monoisotopic (exact) mass is 490 g/mol. The van der Waals surface area contributed by atoms with Gasteiger partial charge in [0.2, 0.25) is 0 Å².